The smallest absolute Gasteiger partial charge is 0.252 e. The summed E-state index contributed by atoms with van der Waals surface area (Å²) >= 11 is 0. The number of amides is 1. The molecule has 1 aliphatic rings. The van der Waals surface area contributed by atoms with Crippen molar-refractivity contribution in [3.63, 3.8) is 0 Å². The lowest BCUT2D eigenvalue weighted by Gasteiger charge is -2.21. The molecule has 156 valence electrons. The first-order chi connectivity index (χ1) is 14.5. The highest BCUT2D eigenvalue weighted by molar-refractivity contribution is 5.97. The molecule has 0 aliphatic heterocycles. The number of hydrogen-bond acceptors (Lipinski definition) is 4. The molecular weight excluding hydrogens is 376 g/mol. The van der Waals surface area contributed by atoms with Crippen LogP contribution in [0, 0.1) is 6.92 Å². The van der Waals surface area contributed by atoms with Crippen LogP contribution in [0.1, 0.15) is 34.3 Å². The van der Waals surface area contributed by atoms with E-state index in [-0.39, 0.29) is 17.5 Å². The van der Waals surface area contributed by atoms with Gasteiger partial charge in [-0.2, -0.15) is 0 Å². The molecule has 0 aromatic heterocycles. The maximum absolute atomic E-state index is 13.2. The molecule has 5 nitrogen and oxygen atoms in total. The second-order valence-electron chi connectivity index (χ2n) is 8.07. The SMILES string of the molecule is COCC(N)COc1ccc(C)c(C(=O)NC2(c3cccc4ccccc34)CC2)c1. The average Bonchev–Trinajstić information content (AvgIpc) is 3.53. The minimum absolute atomic E-state index is 0.0791. The Bertz CT molecular complexity index is 1050. The molecule has 0 spiro atoms. The number of carbonyl (C=O) groups is 1. The number of hydrogen-bond donors (Lipinski definition) is 2. The van der Waals surface area contributed by atoms with E-state index in [0.717, 1.165) is 18.4 Å². The summed E-state index contributed by atoms with van der Waals surface area (Å²) in [6, 6.07) is 20.0. The van der Waals surface area contributed by atoms with Crippen molar-refractivity contribution in [2.75, 3.05) is 20.3 Å². The van der Waals surface area contributed by atoms with Crippen molar-refractivity contribution in [1.82, 2.24) is 5.32 Å². The van der Waals surface area contributed by atoms with Gasteiger partial charge in [-0.3, -0.25) is 4.79 Å². The van der Waals surface area contributed by atoms with Crippen molar-refractivity contribution in [2.24, 2.45) is 5.73 Å². The standard InChI is InChI=1S/C25H28N2O3/c1-17-10-11-20(30-16-19(26)15-29-2)14-22(17)24(28)27-25(12-13-25)23-9-5-7-18-6-3-4-8-21(18)23/h3-11,14,19H,12-13,15-16,26H2,1-2H3,(H,27,28). The number of rotatable bonds is 8. The molecule has 1 amide bonds. The molecule has 30 heavy (non-hydrogen) atoms. The monoisotopic (exact) mass is 404 g/mol. The Hall–Kier alpha value is -2.89. The molecule has 0 heterocycles. The van der Waals surface area contributed by atoms with E-state index in [2.05, 4.69) is 35.6 Å². The first-order valence-corrected chi connectivity index (χ1v) is 10.3. The fourth-order valence-electron chi connectivity index (χ4n) is 3.92. The second kappa shape index (κ2) is 8.46. The van der Waals surface area contributed by atoms with Gasteiger partial charge in [0.15, 0.2) is 0 Å². The van der Waals surface area contributed by atoms with Gasteiger partial charge in [-0.1, -0.05) is 48.5 Å². The minimum atomic E-state index is -0.304. The van der Waals surface area contributed by atoms with Crippen LogP contribution in [0.5, 0.6) is 5.75 Å². The fraction of sp³-hybridized carbons (Fsp3) is 0.320. The molecule has 0 bridgehead atoms. The molecule has 3 aromatic rings. The highest BCUT2D eigenvalue weighted by Gasteiger charge is 2.46. The van der Waals surface area contributed by atoms with Crippen molar-refractivity contribution < 1.29 is 14.3 Å². The van der Waals surface area contributed by atoms with E-state index >= 15 is 0 Å². The molecule has 1 aliphatic carbocycles. The van der Waals surface area contributed by atoms with E-state index in [1.165, 1.54) is 16.3 Å². The number of aryl methyl sites for hydroxylation is 1. The van der Waals surface area contributed by atoms with Crippen LogP contribution in [0.25, 0.3) is 10.8 Å². The zero-order chi connectivity index (χ0) is 21.1. The maximum atomic E-state index is 13.2. The molecule has 3 aromatic carbocycles. The summed E-state index contributed by atoms with van der Waals surface area (Å²) in [5, 5.41) is 5.69. The number of carbonyl (C=O) groups excluding carboxylic acids is 1. The summed E-state index contributed by atoms with van der Waals surface area (Å²) in [7, 11) is 1.61. The number of fused-ring (bicyclic) bond motifs is 1. The lowest BCUT2D eigenvalue weighted by Crippen LogP contribution is -2.35. The Morgan fingerprint density at radius 1 is 1.10 bits per heavy atom. The number of nitrogens with two attached hydrogens (primary N) is 1. The van der Waals surface area contributed by atoms with Crippen LogP contribution < -0.4 is 15.8 Å². The predicted octanol–water partition coefficient (Wildman–Crippen LogP) is 3.92. The summed E-state index contributed by atoms with van der Waals surface area (Å²) in [5.74, 6) is 0.553. The molecule has 4 rings (SSSR count). The third-order valence-corrected chi connectivity index (χ3v) is 5.71. The molecule has 0 radical (unpaired) electrons. The molecule has 3 N–H and O–H groups in total. The summed E-state index contributed by atoms with van der Waals surface area (Å²) in [4.78, 5) is 13.2. The van der Waals surface area contributed by atoms with Crippen LogP contribution in [0.3, 0.4) is 0 Å². The Morgan fingerprint density at radius 2 is 1.87 bits per heavy atom. The Kier molecular flexibility index (Phi) is 5.75. The molecule has 1 fully saturated rings. The average molecular weight is 405 g/mol. The third-order valence-electron chi connectivity index (χ3n) is 5.71. The number of ether oxygens (including phenoxy) is 2. The van der Waals surface area contributed by atoms with Gasteiger partial charge >= 0.3 is 0 Å². The molecule has 5 heteroatoms. The molecular formula is C25H28N2O3. The van der Waals surface area contributed by atoms with Crippen molar-refractivity contribution in [3.8, 4) is 5.75 Å². The number of benzene rings is 3. The first kappa shape index (κ1) is 20.4. The van der Waals surface area contributed by atoms with Crippen molar-refractivity contribution in [3.05, 3.63) is 77.4 Å². The van der Waals surface area contributed by atoms with Gasteiger partial charge in [0.25, 0.3) is 5.91 Å². The van der Waals surface area contributed by atoms with Crippen LogP contribution in [0.4, 0.5) is 0 Å². The normalized spacial score (nSPS) is 15.6. The zero-order valence-corrected chi connectivity index (χ0v) is 17.5. The molecule has 0 saturated heterocycles. The van der Waals surface area contributed by atoms with Crippen LogP contribution in [-0.2, 0) is 10.3 Å². The summed E-state index contributed by atoms with van der Waals surface area (Å²) in [6.07, 6.45) is 1.88. The second-order valence-corrected chi connectivity index (χ2v) is 8.07. The van der Waals surface area contributed by atoms with Gasteiger partial charge in [0, 0.05) is 12.7 Å². The van der Waals surface area contributed by atoms with E-state index in [1.54, 1.807) is 13.2 Å². The summed E-state index contributed by atoms with van der Waals surface area (Å²) < 4.78 is 10.8. The summed E-state index contributed by atoms with van der Waals surface area (Å²) in [5.41, 5.74) is 8.35. The van der Waals surface area contributed by atoms with E-state index < -0.39 is 0 Å². The molecule has 1 atom stereocenters. The van der Waals surface area contributed by atoms with Gasteiger partial charge in [-0.15, -0.1) is 0 Å². The third kappa shape index (κ3) is 4.18. The van der Waals surface area contributed by atoms with Gasteiger partial charge in [-0.05, 0) is 53.8 Å². The highest BCUT2D eigenvalue weighted by Crippen LogP contribution is 2.48. The van der Waals surface area contributed by atoms with E-state index in [9.17, 15) is 4.79 Å². The predicted molar refractivity (Wildman–Crippen MR) is 119 cm³/mol. The zero-order valence-electron chi connectivity index (χ0n) is 17.5. The van der Waals surface area contributed by atoms with E-state index in [1.807, 2.05) is 31.2 Å². The van der Waals surface area contributed by atoms with Gasteiger partial charge < -0.3 is 20.5 Å². The van der Waals surface area contributed by atoms with Crippen LogP contribution in [0.15, 0.2) is 60.7 Å². The maximum Gasteiger partial charge on any atom is 0.252 e. The Labute approximate surface area is 177 Å². The highest BCUT2D eigenvalue weighted by atomic mass is 16.5. The van der Waals surface area contributed by atoms with Gasteiger partial charge in [0.1, 0.15) is 12.4 Å². The lowest BCUT2D eigenvalue weighted by molar-refractivity contribution is 0.0930. The largest absolute Gasteiger partial charge is 0.492 e. The molecule has 1 unspecified atom stereocenters. The Morgan fingerprint density at radius 3 is 2.63 bits per heavy atom. The molecule has 1 saturated carbocycles. The van der Waals surface area contributed by atoms with Gasteiger partial charge in [-0.25, -0.2) is 0 Å². The van der Waals surface area contributed by atoms with E-state index in [0.29, 0.717) is 24.5 Å². The van der Waals surface area contributed by atoms with Gasteiger partial charge in [0.05, 0.1) is 18.2 Å². The van der Waals surface area contributed by atoms with E-state index in [4.69, 9.17) is 15.2 Å². The first-order valence-electron chi connectivity index (χ1n) is 10.3. The van der Waals surface area contributed by atoms with Crippen molar-refractivity contribution in [1.29, 1.82) is 0 Å². The van der Waals surface area contributed by atoms with Crippen molar-refractivity contribution in [2.45, 2.75) is 31.3 Å². The Balaban J connectivity index is 1.54. The quantitative estimate of drug-likeness (QED) is 0.597. The van der Waals surface area contributed by atoms with Crippen molar-refractivity contribution >= 4 is 16.7 Å². The summed E-state index contributed by atoms with van der Waals surface area (Å²) in [6.45, 7) is 2.69. The van der Waals surface area contributed by atoms with Crippen LogP contribution in [-0.4, -0.2) is 32.3 Å². The lowest BCUT2D eigenvalue weighted by atomic mass is 9.96. The van der Waals surface area contributed by atoms with Crippen LogP contribution in [0.2, 0.25) is 0 Å². The van der Waals surface area contributed by atoms with Gasteiger partial charge in [0.2, 0.25) is 0 Å². The van der Waals surface area contributed by atoms with Crippen LogP contribution >= 0.6 is 0 Å². The fourth-order valence-corrected chi connectivity index (χ4v) is 3.92. The number of methoxy groups -OCH3 is 1. The minimum Gasteiger partial charge on any atom is -0.492 e. The number of nitrogens with one attached hydrogen (secondary N) is 1. The topological polar surface area (TPSA) is 73.6 Å².